The molecule has 0 aliphatic heterocycles. The zero-order valence-electron chi connectivity index (χ0n) is 12.6. The van der Waals surface area contributed by atoms with Gasteiger partial charge < -0.3 is 19.6 Å². The number of carboxylic acid groups (broad SMARTS) is 1. The smallest absolute Gasteiger partial charge is 0.339 e. The first-order valence-electron chi connectivity index (χ1n) is 7.00. The van der Waals surface area contributed by atoms with Crippen LogP contribution in [0.1, 0.15) is 30.0 Å². The number of aromatic carboxylic acids is 1. The number of furan rings is 1. The number of benzene rings is 1. The Kier molecular flexibility index (Phi) is 4.98. The molecule has 2 aromatic rings. The minimum atomic E-state index is -0.968. The topological polar surface area (TPSA) is 71.7 Å². The third-order valence-corrected chi connectivity index (χ3v) is 3.56. The predicted octanol–water partition coefficient (Wildman–Crippen LogP) is 2.89. The van der Waals surface area contributed by atoms with E-state index in [0.717, 1.165) is 0 Å². The molecule has 2 rings (SSSR count). The summed E-state index contributed by atoms with van der Waals surface area (Å²) in [7, 11) is 1.65. The summed E-state index contributed by atoms with van der Waals surface area (Å²) < 4.78 is 10.9. The van der Waals surface area contributed by atoms with Crippen LogP contribution >= 0.6 is 0 Å². The van der Waals surface area contributed by atoms with Gasteiger partial charge in [0.2, 0.25) is 0 Å². The molecule has 0 saturated heterocycles. The maximum absolute atomic E-state index is 11.5. The Morgan fingerprint density at radius 2 is 2.10 bits per heavy atom. The highest BCUT2D eigenvalue weighted by Gasteiger charge is 2.21. The number of hydrogen-bond donors (Lipinski definition) is 2. The Balaban J connectivity index is 2.25. The van der Waals surface area contributed by atoms with Crippen molar-refractivity contribution in [2.75, 3.05) is 13.7 Å². The van der Waals surface area contributed by atoms with E-state index in [1.807, 2.05) is 12.1 Å². The monoisotopic (exact) mass is 291 g/mol. The van der Waals surface area contributed by atoms with Crippen LogP contribution in [0.2, 0.25) is 0 Å². The molecular formula is C16H21NO4. The number of para-hydroxylation sites is 1. The molecule has 1 aromatic heterocycles. The van der Waals surface area contributed by atoms with Gasteiger partial charge >= 0.3 is 5.97 Å². The predicted molar refractivity (Wildman–Crippen MR) is 80.5 cm³/mol. The van der Waals surface area contributed by atoms with Crippen LogP contribution in [0.15, 0.2) is 28.7 Å². The maximum atomic E-state index is 11.5. The fourth-order valence-electron chi connectivity index (χ4n) is 2.35. The van der Waals surface area contributed by atoms with Gasteiger partial charge in [-0.2, -0.15) is 0 Å². The molecular weight excluding hydrogens is 270 g/mol. The lowest BCUT2D eigenvalue weighted by molar-refractivity contribution is 0.0695. The summed E-state index contributed by atoms with van der Waals surface area (Å²) >= 11 is 0. The van der Waals surface area contributed by atoms with E-state index in [-0.39, 0.29) is 11.6 Å². The fourth-order valence-corrected chi connectivity index (χ4v) is 2.35. The molecule has 114 valence electrons. The van der Waals surface area contributed by atoms with E-state index in [9.17, 15) is 9.90 Å². The molecule has 5 nitrogen and oxygen atoms in total. The largest absolute Gasteiger partial charge is 0.478 e. The first-order chi connectivity index (χ1) is 10.0. The molecule has 0 amide bonds. The van der Waals surface area contributed by atoms with Crippen molar-refractivity contribution in [3.63, 3.8) is 0 Å². The van der Waals surface area contributed by atoms with Gasteiger partial charge in [0.1, 0.15) is 16.9 Å². The zero-order valence-corrected chi connectivity index (χ0v) is 12.6. The molecule has 5 heteroatoms. The van der Waals surface area contributed by atoms with E-state index < -0.39 is 5.97 Å². The highest BCUT2D eigenvalue weighted by molar-refractivity contribution is 6.03. The molecule has 1 atom stereocenters. The Morgan fingerprint density at radius 1 is 1.38 bits per heavy atom. The number of nitrogens with one attached hydrogen (secondary N) is 1. The van der Waals surface area contributed by atoms with Gasteiger partial charge in [-0.1, -0.05) is 32.0 Å². The minimum absolute atomic E-state index is 0.143. The van der Waals surface area contributed by atoms with Crippen LogP contribution in [0.5, 0.6) is 0 Å². The second kappa shape index (κ2) is 6.74. The van der Waals surface area contributed by atoms with Crippen LogP contribution in [-0.4, -0.2) is 30.8 Å². The van der Waals surface area contributed by atoms with Gasteiger partial charge in [-0.05, 0) is 12.0 Å². The number of carboxylic acids is 1. The summed E-state index contributed by atoms with van der Waals surface area (Å²) in [6.07, 6.45) is 0. The molecule has 0 radical (unpaired) electrons. The Bertz CT molecular complexity index is 618. The first kappa shape index (κ1) is 15.5. The molecule has 0 saturated carbocycles. The molecule has 1 unspecified atom stereocenters. The van der Waals surface area contributed by atoms with Crippen molar-refractivity contribution in [2.24, 2.45) is 5.92 Å². The van der Waals surface area contributed by atoms with E-state index in [2.05, 4.69) is 19.2 Å². The Labute approximate surface area is 123 Å². The molecule has 0 spiro atoms. The van der Waals surface area contributed by atoms with Gasteiger partial charge in [0.15, 0.2) is 0 Å². The third kappa shape index (κ3) is 3.43. The van der Waals surface area contributed by atoms with E-state index in [4.69, 9.17) is 9.15 Å². The summed E-state index contributed by atoms with van der Waals surface area (Å²) in [5.74, 6) is -0.141. The molecule has 0 bridgehead atoms. The number of hydrogen-bond acceptors (Lipinski definition) is 4. The summed E-state index contributed by atoms with van der Waals surface area (Å²) in [5, 5.41) is 13.4. The van der Waals surface area contributed by atoms with Crippen LogP contribution < -0.4 is 5.32 Å². The summed E-state index contributed by atoms with van der Waals surface area (Å²) in [6, 6.07) is 7.33. The Hall–Kier alpha value is -1.85. The van der Waals surface area contributed by atoms with E-state index >= 15 is 0 Å². The summed E-state index contributed by atoms with van der Waals surface area (Å²) in [5.41, 5.74) is 0.831. The van der Waals surface area contributed by atoms with Crippen LogP contribution in [0, 0.1) is 5.92 Å². The van der Waals surface area contributed by atoms with Gasteiger partial charge in [0.05, 0.1) is 13.2 Å². The second-order valence-corrected chi connectivity index (χ2v) is 5.39. The van der Waals surface area contributed by atoms with Crippen LogP contribution in [0.4, 0.5) is 0 Å². The molecule has 1 heterocycles. The van der Waals surface area contributed by atoms with Crippen molar-refractivity contribution >= 4 is 16.9 Å². The van der Waals surface area contributed by atoms with Crippen LogP contribution in [0.25, 0.3) is 11.0 Å². The summed E-state index contributed by atoms with van der Waals surface area (Å²) in [4.78, 5) is 11.5. The van der Waals surface area contributed by atoms with Gasteiger partial charge in [0.25, 0.3) is 0 Å². The highest BCUT2D eigenvalue weighted by atomic mass is 16.5. The fraction of sp³-hybridized carbons (Fsp3) is 0.438. The molecule has 1 aromatic carbocycles. The van der Waals surface area contributed by atoms with Crippen LogP contribution in [-0.2, 0) is 11.3 Å². The van der Waals surface area contributed by atoms with E-state index in [1.165, 1.54) is 0 Å². The van der Waals surface area contributed by atoms with Crippen molar-refractivity contribution < 1.29 is 19.1 Å². The quantitative estimate of drug-likeness (QED) is 0.820. The number of carbonyl (C=O) groups is 1. The molecule has 0 aliphatic carbocycles. The van der Waals surface area contributed by atoms with E-state index in [1.54, 1.807) is 19.2 Å². The lowest BCUT2D eigenvalue weighted by atomic mass is 10.0. The van der Waals surface area contributed by atoms with E-state index in [0.29, 0.717) is 35.8 Å². The number of ether oxygens (including phenoxy) is 1. The molecule has 0 fully saturated rings. The highest BCUT2D eigenvalue weighted by Crippen LogP contribution is 2.26. The molecule has 2 N–H and O–H groups in total. The van der Waals surface area contributed by atoms with Gasteiger partial charge in [-0.25, -0.2) is 4.79 Å². The minimum Gasteiger partial charge on any atom is -0.478 e. The van der Waals surface area contributed by atoms with Crippen molar-refractivity contribution in [1.82, 2.24) is 5.32 Å². The average molecular weight is 291 g/mol. The molecule has 0 aliphatic rings. The van der Waals surface area contributed by atoms with Crippen molar-refractivity contribution in [3.05, 3.63) is 35.6 Å². The number of methoxy groups -OCH3 is 1. The van der Waals surface area contributed by atoms with Crippen LogP contribution in [0.3, 0.4) is 0 Å². The first-order valence-corrected chi connectivity index (χ1v) is 7.00. The number of fused-ring (bicyclic) bond motifs is 1. The normalized spacial score (nSPS) is 13.0. The second-order valence-electron chi connectivity index (χ2n) is 5.39. The molecule has 21 heavy (non-hydrogen) atoms. The van der Waals surface area contributed by atoms with Gasteiger partial charge in [-0.3, -0.25) is 0 Å². The van der Waals surface area contributed by atoms with Gasteiger partial charge in [-0.15, -0.1) is 0 Å². The number of rotatable bonds is 7. The lowest BCUT2D eigenvalue weighted by Gasteiger charge is -2.21. The Morgan fingerprint density at radius 3 is 2.71 bits per heavy atom. The van der Waals surface area contributed by atoms with Crippen molar-refractivity contribution in [3.8, 4) is 0 Å². The maximum Gasteiger partial charge on any atom is 0.339 e. The summed E-state index contributed by atoms with van der Waals surface area (Å²) in [6.45, 7) is 5.11. The van der Waals surface area contributed by atoms with Gasteiger partial charge in [0, 0.05) is 18.5 Å². The standard InChI is InChI=1S/C16H21NO4/c1-10(2)12(9-20-3)17-8-14-15(16(18)19)11-6-4-5-7-13(11)21-14/h4-7,10,12,17H,8-9H2,1-3H3,(H,18,19). The SMILES string of the molecule is COCC(NCc1oc2ccccc2c1C(=O)O)C(C)C. The zero-order chi connectivity index (χ0) is 15.4. The average Bonchev–Trinajstić information content (AvgIpc) is 2.81. The lowest BCUT2D eigenvalue weighted by Crippen LogP contribution is -2.37. The third-order valence-electron chi connectivity index (χ3n) is 3.56. The van der Waals surface area contributed by atoms with Crippen molar-refractivity contribution in [2.45, 2.75) is 26.4 Å². The van der Waals surface area contributed by atoms with Crippen molar-refractivity contribution in [1.29, 1.82) is 0 Å².